The van der Waals surface area contributed by atoms with E-state index in [0.29, 0.717) is 6.54 Å². The molecule has 0 atom stereocenters. The lowest BCUT2D eigenvalue weighted by Crippen LogP contribution is -2.45. The number of aromatic amines is 1. The molecule has 1 aromatic rings. The number of H-pyrrole nitrogens is 1. The van der Waals surface area contributed by atoms with E-state index in [0.717, 1.165) is 42.9 Å². The topological polar surface area (TPSA) is 65.2 Å². The number of hydrogen-bond donors (Lipinski definition) is 2. The van der Waals surface area contributed by atoms with E-state index in [-0.39, 0.29) is 17.7 Å². The number of amides is 1. The van der Waals surface area contributed by atoms with Gasteiger partial charge in [-0.25, -0.2) is 0 Å². The van der Waals surface area contributed by atoms with Crippen LogP contribution in [-0.2, 0) is 4.79 Å². The molecule has 0 aliphatic carbocycles. The van der Waals surface area contributed by atoms with Crippen LogP contribution >= 0.6 is 0 Å². The minimum Gasteiger partial charge on any atom is -0.362 e. The number of nitrogens with zero attached hydrogens (tertiary/aromatic N) is 1. The third-order valence-electron chi connectivity index (χ3n) is 3.81. The molecule has 0 bridgehead atoms. The number of rotatable bonds is 4. The number of nitrogens with one attached hydrogen (secondary N) is 2. The normalized spacial score (nSPS) is 17.1. The van der Waals surface area contributed by atoms with Crippen molar-refractivity contribution in [3.63, 3.8) is 0 Å². The smallest absolute Gasteiger partial charge is 0.217 e. The molecule has 1 aliphatic heterocycles. The summed E-state index contributed by atoms with van der Waals surface area (Å²) in [5.41, 5.74) is 2.77. The van der Waals surface area contributed by atoms with Gasteiger partial charge >= 0.3 is 0 Å². The Morgan fingerprint density at radius 1 is 1.35 bits per heavy atom. The van der Waals surface area contributed by atoms with Crippen LogP contribution in [0.15, 0.2) is 6.07 Å². The first-order valence-corrected chi connectivity index (χ1v) is 7.14. The van der Waals surface area contributed by atoms with Gasteiger partial charge in [-0.1, -0.05) is 0 Å². The monoisotopic (exact) mass is 277 g/mol. The van der Waals surface area contributed by atoms with Crippen molar-refractivity contribution in [2.75, 3.05) is 19.6 Å². The van der Waals surface area contributed by atoms with Crippen molar-refractivity contribution < 1.29 is 9.59 Å². The molecule has 0 unspecified atom stereocenters. The van der Waals surface area contributed by atoms with E-state index in [4.69, 9.17) is 0 Å². The van der Waals surface area contributed by atoms with Crippen LogP contribution in [0.4, 0.5) is 0 Å². The number of aryl methyl sites for hydroxylation is 2. The largest absolute Gasteiger partial charge is 0.362 e. The Morgan fingerprint density at radius 3 is 2.50 bits per heavy atom. The zero-order valence-electron chi connectivity index (χ0n) is 12.5. The van der Waals surface area contributed by atoms with E-state index < -0.39 is 0 Å². The molecule has 1 aliphatic rings. The lowest BCUT2D eigenvalue weighted by Gasteiger charge is -2.31. The van der Waals surface area contributed by atoms with Crippen molar-refractivity contribution in [2.45, 2.75) is 39.7 Å². The summed E-state index contributed by atoms with van der Waals surface area (Å²) in [7, 11) is 0. The Balaban J connectivity index is 1.85. The molecular weight excluding hydrogens is 254 g/mol. The first-order valence-electron chi connectivity index (χ1n) is 7.14. The molecular formula is C15H23N3O2. The SMILES string of the molecule is CC(=O)NC1CCN(CC(=O)c2cc(C)[nH]c2C)CC1. The van der Waals surface area contributed by atoms with Crippen LogP contribution in [0.25, 0.3) is 0 Å². The molecule has 0 radical (unpaired) electrons. The summed E-state index contributed by atoms with van der Waals surface area (Å²) < 4.78 is 0. The summed E-state index contributed by atoms with van der Waals surface area (Å²) in [6, 6.07) is 2.18. The van der Waals surface area contributed by atoms with E-state index in [1.807, 2.05) is 19.9 Å². The average molecular weight is 277 g/mol. The third kappa shape index (κ3) is 3.70. The van der Waals surface area contributed by atoms with E-state index in [1.165, 1.54) is 0 Å². The van der Waals surface area contributed by atoms with Crippen molar-refractivity contribution in [3.05, 3.63) is 23.0 Å². The van der Waals surface area contributed by atoms with Gasteiger partial charge < -0.3 is 10.3 Å². The third-order valence-corrected chi connectivity index (χ3v) is 3.81. The molecule has 20 heavy (non-hydrogen) atoms. The second-order valence-electron chi connectivity index (χ2n) is 5.67. The highest BCUT2D eigenvalue weighted by Crippen LogP contribution is 2.14. The quantitative estimate of drug-likeness (QED) is 0.818. The van der Waals surface area contributed by atoms with Gasteiger partial charge in [0.1, 0.15) is 0 Å². The highest BCUT2D eigenvalue weighted by molar-refractivity contribution is 5.98. The van der Waals surface area contributed by atoms with E-state index in [9.17, 15) is 9.59 Å². The first-order chi connectivity index (χ1) is 9.45. The molecule has 2 heterocycles. The molecule has 5 heteroatoms. The Kier molecular flexibility index (Phi) is 4.60. The molecule has 5 nitrogen and oxygen atoms in total. The van der Waals surface area contributed by atoms with Gasteiger partial charge in [-0.15, -0.1) is 0 Å². The summed E-state index contributed by atoms with van der Waals surface area (Å²) in [5.74, 6) is 0.197. The molecule has 1 saturated heterocycles. The maximum Gasteiger partial charge on any atom is 0.217 e. The van der Waals surface area contributed by atoms with Gasteiger partial charge in [0.05, 0.1) is 6.54 Å². The highest BCUT2D eigenvalue weighted by Gasteiger charge is 2.22. The lowest BCUT2D eigenvalue weighted by atomic mass is 10.0. The number of Topliss-reactive ketones (excluding diaryl/α,β-unsaturated/α-hetero) is 1. The van der Waals surface area contributed by atoms with Crippen LogP contribution < -0.4 is 5.32 Å². The van der Waals surface area contributed by atoms with Crippen LogP contribution in [0.3, 0.4) is 0 Å². The van der Waals surface area contributed by atoms with E-state index in [1.54, 1.807) is 6.92 Å². The molecule has 1 amide bonds. The number of hydrogen-bond acceptors (Lipinski definition) is 3. The lowest BCUT2D eigenvalue weighted by molar-refractivity contribution is -0.119. The summed E-state index contributed by atoms with van der Waals surface area (Å²) in [6.07, 6.45) is 1.83. The summed E-state index contributed by atoms with van der Waals surface area (Å²) >= 11 is 0. The van der Waals surface area contributed by atoms with Crippen molar-refractivity contribution in [3.8, 4) is 0 Å². The van der Waals surface area contributed by atoms with Crippen molar-refractivity contribution in [1.29, 1.82) is 0 Å². The Bertz CT molecular complexity index is 499. The van der Waals surface area contributed by atoms with E-state index in [2.05, 4.69) is 15.2 Å². The van der Waals surface area contributed by atoms with Gasteiger partial charge in [0.25, 0.3) is 0 Å². The van der Waals surface area contributed by atoms with Gasteiger partial charge in [-0.3, -0.25) is 14.5 Å². The van der Waals surface area contributed by atoms with Gasteiger partial charge in [0, 0.05) is 43.0 Å². The molecule has 1 fully saturated rings. The standard InChI is InChI=1S/C15H23N3O2/c1-10-8-14(11(2)16-10)15(20)9-18-6-4-13(5-7-18)17-12(3)19/h8,13,16H,4-7,9H2,1-3H3,(H,17,19). The molecule has 2 N–H and O–H groups in total. The molecule has 0 saturated carbocycles. The summed E-state index contributed by atoms with van der Waals surface area (Å²) in [5, 5.41) is 2.94. The Labute approximate surface area is 119 Å². The van der Waals surface area contributed by atoms with Crippen LogP contribution in [0, 0.1) is 13.8 Å². The predicted molar refractivity (Wildman–Crippen MR) is 77.9 cm³/mol. The number of ketones is 1. The van der Waals surface area contributed by atoms with Crippen LogP contribution in [0.1, 0.15) is 41.5 Å². The maximum atomic E-state index is 12.3. The zero-order valence-corrected chi connectivity index (χ0v) is 12.5. The van der Waals surface area contributed by atoms with Gasteiger partial charge in [0.15, 0.2) is 5.78 Å². The second kappa shape index (κ2) is 6.22. The average Bonchev–Trinajstić information content (AvgIpc) is 2.70. The zero-order chi connectivity index (χ0) is 14.7. The predicted octanol–water partition coefficient (Wildman–Crippen LogP) is 1.41. The minimum atomic E-state index is 0.0259. The van der Waals surface area contributed by atoms with Crippen molar-refractivity contribution in [2.24, 2.45) is 0 Å². The molecule has 0 aromatic carbocycles. The maximum absolute atomic E-state index is 12.3. The fraction of sp³-hybridized carbons (Fsp3) is 0.600. The van der Waals surface area contributed by atoms with Crippen LogP contribution in [0.2, 0.25) is 0 Å². The number of piperidine rings is 1. The highest BCUT2D eigenvalue weighted by atomic mass is 16.1. The van der Waals surface area contributed by atoms with Gasteiger partial charge in [-0.2, -0.15) is 0 Å². The number of carbonyl (C=O) groups is 2. The minimum absolute atomic E-state index is 0.0259. The first kappa shape index (κ1) is 14.8. The van der Waals surface area contributed by atoms with Crippen LogP contribution in [-0.4, -0.2) is 47.3 Å². The summed E-state index contributed by atoms with van der Waals surface area (Å²) in [4.78, 5) is 28.6. The van der Waals surface area contributed by atoms with Crippen molar-refractivity contribution in [1.82, 2.24) is 15.2 Å². The number of likely N-dealkylation sites (tertiary alicyclic amines) is 1. The van der Waals surface area contributed by atoms with E-state index >= 15 is 0 Å². The van der Waals surface area contributed by atoms with Gasteiger partial charge in [0.2, 0.25) is 5.91 Å². The number of aromatic nitrogens is 1. The second-order valence-corrected chi connectivity index (χ2v) is 5.67. The van der Waals surface area contributed by atoms with Crippen molar-refractivity contribution >= 4 is 11.7 Å². The summed E-state index contributed by atoms with van der Waals surface area (Å²) in [6.45, 7) is 7.63. The molecule has 0 spiro atoms. The number of carbonyl (C=O) groups excluding carboxylic acids is 2. The molecule has 2 rings (SSSR count). The van der Waals surface area contributed by atoms with Crippen LogP contribution in [0.5, 0.6) is 0 Å². The molecule has 110 valence electrons. The Morgan fingerprint density at radius 2 is 2.00 bits per heavy atom. The van der Waals surface area contributed by atoms with Gasteiger partial charge in [-0.05, 0) is 32.8 Å². The fourth-order valence-corrected chi connectivity index (χ4v) is 2.82. The fourth-order valence-electron chi connectivity index (χ4n) is 2.82. The Hall–Kier alpha value is -1.62. The molecule has 1 aromatic heterocycles.